The minimum Gasteiger partial charge on any atom is -0.378 e. The molecule has 0 radical (unpaired) electrons. The van der Waals surface area contributed by atoms with E-state index in [1.807, 2.05) is 9.80 Å². The first-order valence-corrected chi connectivity index (χ1v) is 9.91. The van der Waals surface area contributed by atoms with Crippen LogP contribution < -0.4 is 5.32 Å². The van der Waals surface area contributed by atoms with Crippen LogP contribution in [-0.2, 0) is 29.3 Å². The molecule has 1 aromatic heterocycles. The Morgan fingerprint density at radius 2 is 1.81 bits per heavy atom. The summed E-state index contributed by atoms with van der Waals surface area (Å²) in [6.07, 6.45) is -3.14. The Labute approximate surface area is 196 Å². The second-order valence-electron chi connectivity index (χ2n) is 7.33. The number of rotatable bonds is 4. The number of carbonyl (C=O) groups is 1. The zero-order valence-corrected chi connectivity index (χ0v) is 20.0. The van der Waals surface area contributed by atoms with Gasteiger partial charge in [0.2, 0.25) is 5.91 Å². The van der Waals surface area contributed by atoms with Gasteiger partial charge < -0.3 is 19.9 Å². The number of alkyl halides is 3. The molecule has 2 saturated heterocycles. The van der Waals surface area contributed by atoms with Gasteiger partial charge in [-0.2, -0.15) is 18.3 Å². The predicted molar refractivity (Wildman–Crippen MR) is 119 cm³/mol. The van der Waals surface area contributed by atoms with Gasteiger partial charge in [0.25, 0.3) is 0 Å². The van der Waals surface area contributed by atoms with Crippen molar-refractivity contribution in [1.82, 2.24) is 29.8 Å². The molecule has 0 atom stereocenters. The number of ether oxygens (including phenoxy) is 1. The summed E-state index contributed by atoms with van der Waals surface area (Å²) in [5, 5.41) is 6.53. The number of nitrogens with one attached hydrogen (secondary N) is 1. The highest BCUT2D eigenvalue weighted by atomic mass is 127. The van der Waals surface area contributed by atoms with Crippen LogP contribution in [0.1, 0.15) is 11.3 Å². The average Bonchev–Trinajstić information content (AvgIpc) is 3.11. The molecule has 2 aliphatic rings. The SMILES string of the molecule is CN=C(NCc1cn(C)nc1C(F)(F)F)N1CCN(CC(=O)N2CCOCC2)CC1.I. The van der Waals surface area contributed by atoms with Crippen molar-refractivity contribution in [3.05, 3.63) is 17.5 Å². The molecule has 1 amide bonds. The molecule has 2 fully saturated rings. The van der Waals surface area contributed by atoms with E-state index in [2.05, 4.69) is 20.3 Å². The molecule has 0 saturated carbocycles. The minimum atomic E-state index is -4.50. The normalized spacial score (nSPS) is 18.7. The molecule has 1 N–H and O–H groups in total. The number of aryl methyl sites for hydroxylation is 1. The standard InChI is InChI=1S/C18H28F3N7O2.HI/c1-22-17(23-11-14-12-25(2)24-16(14)18(19,20)21)28-5-3-26(4-6-28)13-15(29)27-7-9-30-10-8-27;/h12H,3-11,13H2,1-2H3,(H,22,23);1H. The fourth-order valence-electron chi connectivity index (χ4n) is 3.63. The summed E-state index contributed by atoms with van der Waals surface area (Å²) >= 11 is 0. The van der Waals surface area contributed by atoms with Crippen LogP contribution in [0.4, 0.5) is 13.2 Å². The van der Waals surface area contributed by atoms with Crippen molar-refractivity contribution in [2.45, 2.75) is 12.7 Å². The predicted octanol–water partition coefficient (Wildman–Crippen LogP) is 0.609. The molecule has 1 aromatic rings. The first-order valence-electron chi connectivity index (χ1n) is 9.91. The smallest absolute Gasteiger partial charge is 0.378 e. The molecule has 3 rings (SSSR count). The number of amides is 1. The average molecular weight is 559 g/mol. The number of halogens is 4. The molecular formula is C18H29F3IN7O2. The first-order chi connectivity index (χ1) is 14.3. The lowest BCUT2D eigenvalue weighted by Crippen LogP contribution is -2.54. The highest BCUT2D eigenvalue weighted by Gasteiger charge is 2.37. The van der Waals surface area contributed by atoms with Gasteiger partial charge in [-0.3, -0.25) is 19.4 Å². The minimum absolute atomic E-state index is 0. The second-order valence-corrected chi connectivity index (χ2v) is 7.33. The Balaban J connectivity index is 0.00000341. The lowest BCUT2D eigenvalue weighted by Gasteiger charge is -2.37. The Hall–Kier alpha value is -1.61. The zero-order chi connectivity index (χ0) is 21.7. The second kappa shape index (κ2) is 11.3. The van der Waals surface area contributed by atoms with E-state index in [4.69, 9.17) is 4.74 Å². The van der Waals surface area contributed by atoms with Crippen molar-refractivity contribution in [3.8, 4) is 0 Å². The molecule has 3 heterocycles. The number of guanidine groups is 1. The molecule has 0 unspecified atom stereocenters. The third-order valence-electron chi connectivity index (χ3n) is 5.22. The Morgan fingerprint density at radius 3 is 2.39 bits per heavy atom. The number of aliphatic imine (C=N–C) groups is 1. The van der Waals surface area contributed by atoms with Crippen LogP contribution in [0.15, 0.2) is 11.2 Å². The lowest BCUT2D eigenvalue weighted by atomic mass is 10.2. The van der Waals surface area contributed by atoms with E-state index < -0.39 is 11.9 Å². The van der Waals surface area contributed by atoms with Crippen LogP contribution >= 0.6 is 24.0 Å². The van der Waals surface area contributed by atoms with E-state index in [1.165, 1.54) is 13.2 Å². The van der Waals surface area contributed by atoms with Gasteiger partial charge in [-0.15, -0.1) is 24.0 Å². The molecule has 0 spiro atoms. The number of nitrogens with zero attached hydrogens (tertiary/aromatic N) is 6. The van der Waals surface area contributed by atoms with E-state index in [9.17, 15) is 18.0 Å². The molecule has 9 nitrogen and oxygen atoms in total. The maximum absolute atomic E-state index is 13.1. The van der Waals surface area contributed by atoms with E-state index >= 15 is 0 Å². The van der Waals surface area contributed by atoms with Crippen molar-refractivity contribution in [1.29, 1.82) is 0 Å². The van der Waals surface area contributed by atoms with Gasteiger partial charge in [0, 0.05) is 71.7 Å². The third-order valence-corrected chi connectivity index (χ3v) is 5.22. The molecule has 176 valence electrons. The summed E-state index contributed by atoms with van der Waals surface area (Å²) < 4.78 is 45.8. The van der Waals surface area contributed by atoms with Crippen LogP contribution in [0.5, 0.6) is 0 Å². The Morgan fingerprint density at radius 1 is 1.16 bits per heavy atom. The van der Waals surface area contributed by atoms with Crippen LogP contribution in [0, 0.1) is 0 Å². The van der Waals surface area contributed by atoms with Crippen molar-refractivity contribution < 1.29 is 22.7 Å². The summed E-state index contributed by atoms with van der Waals surface area (Å²) in [4.78, 5) is 22.5. The van der Waals surface area contributed by atoms with Crippen LogP contribution in [-0.4, -0.2) is 102 Å². The highest BCUT2D eigenvalue weighted by Crippen LogP contribution is 2.30. The fraction of sp³-hybridized carbons (Fsp3) is 0.722. The van der Waals surface area contributed by atoms with Crippen molar-refractivity contribution in [2.24, 2.45) is 12.0 Å². The number of hydrogen-bond acceptors (Lipinski definition) is 5. The number of morpholine rings is 1. The summed E-state index contributed by atoms with van der Waals surface area (Å²) in [5.41, 5.74) is -0.819. The van der Waals surface area contributed by atoms with E-state index in [0.29, 0.717) is 65.0 Å². The number of piperazine rings is 1. The maximum Gasteiger partial charge on any atom is 0.435 e. The topological polar surface area (TPSA) is 78.2 Å². The van der Waals surface area contributed by atoms with Crippen LogP contribution in [0.25, 0.3) is 0 Å². The summed E-state index contributed by atoms with van der Waals surface area (Å²) in [5.74, 6) is 0.636. The van der Waals surface area contributed by atoms with Crippen LogP contribution in [0.3, 0.4) is 0 Å². The van der Waals surface area contributed by atoms with Gasteiger partial charge in [0.05, 0.1) is 19.8 Å². The van der Waals surface area contributed by atoms with Gasteiger partial charge in [-0.1, -0.05) is 0 Å². The summed E-state index contributed by atoms with van der Waals surface area (Å²) in [6, 6.07) is 0. The molecular weight excluding hydrogens is 530 g/mol. The Bertz CT molecular complexity index is 758. The summed E-state index contributed by atoms with van der Waals surface area (Å²) in [6.45, 7) is 5.38. The Kier molecular flexibility index (Phi) is 9.36. The van der Waals surface area contributed by atoms with Crippen LogP contribution in [0.2, 0.25) is 0 Å². The van der Waals surface area contributed by atoms with Gasteiger partial charge in [0.15, 0.2) is 11.7 Å². The van der Waals surface area contributed by atoms with Crippen molar-refractivity contribution >= 4 is 35.8 Å². The molecule has 31 heavy (non-hydrogen) atoms. The molecule has 0 aromatic carbocycles. The summed E-state index contributed by atoms with van der Waals surface area (Å²) in [7, 11) is 3.07. The van der Waals surface area contributed by atoms with Gasteiger partial charge in [-0.05, 0) is 0 Å². The highest BCUT2D eigenvalue weighted by molar-refractivity contribution is 14.0. The molecule has 0 aliphatic carbocycles. The lowest BCUT2D eigenvalue weighted by molar-refractivity contribution is -0.142. The number of carbonyl (C=O) groups excluding carboxylic acids is 1. The quantitative estimate of drug-likeness (QED) is 0.331. The molecule has 0 bridgehead atoms. The first kappa shape index (κ1) is 25.6. The molecule has 13 heteroatoms. The zero-order valence-electron chi connectivity index (χ0n) is 17.7. The van der Waals surface area contributed by atoms with Gasteiger partial charge >= 0.3 is 6.18 Å². The van der Waals surface area contributed by atoms with Gasteiger partial charge in [-0.25, -0.2) is 0 Å². The molecule has 2 aliphatic heterocycles. The van der Waals surface area contributed by atoms with Gasteiger partial charge in [0.1, 0.15) is 0 Å². The van der Waals surface area contributed by atoms with Crippen molar-refractivity contribution in [2.75, 3.05) is 66.1 Å². The van der Waals surface area contributed by atoms with Crippen molar-refractivity contribution in [3.63, 3.8) is 0 Å². The maximum atomic E-state index is 13.1. The largest absolute Gasteiger partial charge is 0.435 e. The van der Waals surface area contributed by atoms with E-state index in [1.54, 1.807) is 7.05 Å². The fourth-order valence-corrected chi connectivity index (χ4v) is 3.63. The van der Waals surface area contributed by atoms with E-state index in [-0.39, 0.29) is 42.0 Å². The monoisotopic (exact) mass is 559 g/mol. The number of aromatic nitrogens is 2. The third kappa shape index (κ3) is 6.94. The van der Waals surface area contributed by atoms with E-state index in [0.717, 1.165) is 4.68 Å². The number of hydrogen-bond donors (Lipinski definition) is 1.